The summed E-state index contributed by atoms with van der Waals surface area (Å²) in [7, 11) is 1.65. The van der Waals surface area contributed by atoms with E-state index in [-0.39, 0.29) is 23.6 Å². The van der Waals surface area contributed by atoms with Crippen LogP contribution >= 0.6 is 0 Å². The van der Waals surface area contributed by atoms with Gasteiger partial charge in [-0.1, -0.05) is 12.1 Å². The number of aromatic nitrogens is 2. The van der Waals surface area contributed by atoms with E-state index in [1.165, 1.54) is 50.7 Å². The van der Waals surface area contributed by atoms with Gasteiger partial charge < -0.3 is 10.1 Å². The molecule has 4 bridgehead atoms. The maximum Gasteiger partial charge on any atom is 0.229 e. The lowest BCUT2D eigenvalue weighted by molar-refractivity contribution is -0.115. The van der Waals surface area contributed by atoms with E-state index in [1.54, 1.807) is 25.4 Å². The van der Waals surface area contributed by atoms with E-state index in [1.807, 2.05) is 24.3 Å². The van der Waals surface area contributed by atoms with Crippen LogP contribution in [0.3, 0.4) is 0 Å². The monoisotopic (exact) mass is 485 g/mol. The van der Waals surface area contributed by atoms with E-state index in [9.17, 15) is 9.18 Å². The van der Waals surface area contributed by atoms with Crippen molar-refractivity contribution in [3.63, 3.8) is 0 Å². The third-order valence-corrected chi connectivity index (χ3v) is 8.47. The van der Waals surface area contributed by atoms with Gasteiger partial charge in [-0.05, 0) is 110 Å². The molecule has 7 rings (SSSR count). The molecule has 0 saturated heterocycles. The minimum atomic E-state index is -0.308. The minimum absolute atomic E-state index is 0.166. The molecule has 1 aromatic heterocycles. The van der Waals surface area contributed by atoms with Gasteiger partial charge in [0.15, 0.2) is 5.82 Å². The number of hydrogen-bond donors (Lipinski definition) is 1. The number of rotatable bonds is 7. The number of benzene rings is 2. The van der Waals surface area contributed by atoms with Gasteiger partial charge in [0, 0.05) is 5.56 Å². The highest BCUT2D eigenvalue weighted by molar-refractivity contribution is 5.92. The van der Waals surface area contributed by atoms with Crippen LogP contribution in [0, 0.1) is 29.0 Å². The van der Waals surface area contributed by atoms with Crippen molar-refractivity contribution in [2.45, 2.75) is 51.4 Å². The van der Waals surface area contributed by atoms with Crippen LogP contribution in [-0.4, -0.2) is 23.0 Å². The molecule has 5 nitrogen and oxygen atoms in total. The Morgan fingerprint density at radius 1 is 1.00 bits per heavy atom. The standard InChI is InChI=1S/C30H32FN3O2/c1-36-25-8-4-23(5-9-25)27-18-32-29(34-28(35)13-19-2-6-24(31)7-3-19)26(33-27)17-30-14-20-10-21(15-30)12-22(11-20)16-30/h2-9,18,20-22H,10-17H2,1H3,(H,32,34,35). The largest absolute Gasteiger partial charge is 0.497 e. The molecule has 4 aliphatic rings. The molecule has 0 radical (unpaired) electrons. The Hall–Kier alpha value is -3.28. The highest BCUT2D eigenvalue weighted by Gasteiger charge is 2.51. The molecular weight excluding hydrogens is 453 g/mol. The number of amides is 1. The van der Waals surface area contributed by atoms with Crippen LogP contribution in [0.1, 0.15) is 49.8 Å². The lowest BCUT2D eigenvalue weighted by atomic mass is 9.48. The first-order chi connectivity index (χ1) is 17.5. The Bertz CT molecular complexity index is 1220. The first kappa shape index (κ1) is 23.1. The summed E-state index contributed by atoms with van der Waals surface area (Å²) in [6.07, 6.45) is 10.7. The number of anilines is 1. The molecule has 0 unspecified atom stereocenters. The van der Waals surface area contributed by atoms with Crippen molar-refractivity contribution in [2.75, 3.05) is 12.4 Å². The SMILES string of the molecule is COc1ccc(-c2cnc(NC(=O)Cc3ccc(F)cc3)c(CC34CC5CC(CC(C5)C3)C4)n2)cc1. The summed E-state index contributed by atoms with van der Waals surface area (Å²) in [5.74, 6) is 3.39. The first-order valence-corrected chi connectivity index (χ1v) is 13.0. The number of methoxy groups -OCH3 is 1. The van der Waals surface area contributed by atoms with Gasteiger partial charge >= 0.3 is 0 Å². The molecule has 1 N–H and O–H groups in total. The van der Waals surface area contributed by atoms with Gasteiger partial charge in [0.2, 0.25) is 5.91 Å². The minimum Gasteiger partial charge on any atom is -0.497 e. The average Bonchev–Trinajstić information content (AvgIpc) is 2.85. The van der Waals surface area contributed by atoms with Crippen LogP contribution in [0.15, 0.2) is 54.7 Å². The molecular formula is C30H32FN3O2. The smallest absolute Gasteiger partial charge is 0.229 e. The summed E-state index contributed by atoms with van der Waals surface area (Å²) in [4.78, 5) is 22.7. The zero-order valence-electron chi connectivity index (χ0n) is 20.7. The Labute approximate surface area is 211 Å². The second-order valence-corrected chi connectivity index (χ2v) is 11.2. The van der Waals surface area contributed by atoms with E-state index in [0.717, 1.165) is 52.4 Å². The molecule has 4 aliphatic carbocycles. The van der Waals surface area contributed by atoms with Gasteiger partial charge in [0.25, 0.3) is 0 Å². The molecule has 36 heavy (non-hydrogen) atoms. The fourth-order valence-electron chi connectivity index (χ4n) is 7.38. The lowest BCUT2D eigenvalue weighted by Gasteiger charge is -2.57. The molecule has 2 aromatic carbocycles. The number of ether oxygens (including phenoxy) is 1. The predicted octanol–water partition coefficient (Wildman–Crippen LogP) is 6.23. The number of nitrogens with zero attached hydrogens (tertiary/aromatic N) is 2. The molecule has 0 atom stereocenters. The van der Waals surface area contributed by atoms with Crippen LogP contribution in [0.5, 0.6) is 5.75 Å². The zero-order valence-corrected chi connectivity index (χ0v) is 20.7. The first-order valence-electron chi connectivity index (χ1n) is 13.0. The van der Waals surface area contributed by atoms with Crippen molar-refractivity contribution in [3.05, 3.63) is 71.8 Å². The second kappa shape index (κ2) is 9.30. The van der Waals surface area contributed by atoms with Crippen LogP contribution < -0.4 is 10.1 Å². The Balaban J connectivity index is 1.29. The molecule has 1 heterocycles. The van der Waals surface area contributed by atoms with Crippen molar-refractivity contribution >= 4 is 11.7 Å². The lowest BCUT2D eigenvalue weighted by Crippen LogP contribution is -2.47. The number of carbonyl (C=O) groups is 1. The fraction of sp³-hybridized carbons (Fsp3) is 0.433. The molecule has 0 aliphatic heterocycles. The van der Waals surface area contributed by atoms with Gasteiger partial charge in [-0.15, -0.1) is 0 Å². The van der Waals surface area contributed by atoms with Crippen molar-refractivity contribution in [1.29, 1.82) is 0 Å². The van der Waals surface area contributed by atoms with Crippen molar-refractivity contribution in [2.24, 2.45) is 23.2 Å². The van der Waals surface area contributed by atoms with Crippen molar-refractivity contribution < 1.29 is 13.9 Å². The van der Waals surface area contributed by atoms with Gasteiger partial charge in [0.05, 0.1) is 31.1 Å². The van der Waals surface area contributed by atoms with Crippen LogP contribution in [0.2, 0.25) is 0 Å². The van der Waals surface area contributed by atoms with E-state index in [2.05, 4.69) is 5.32 Å². The molecule has 4 saturated carbocycles. The molecule has 1 amide bonds. The average molecular weight is 486 g/mol. The summed E-state index contributed by atoms with van der Waals surface area (Å²) in [5, 5.41) is 3.03. The fourth-order valence-corrected chi connectivity index (χ4v) is 7.38. The Kier molecular flexibility index (Phi) is 5.98. The molecule has 4 fully saturated rings. The predicted molar refractivity (Wildman–Crippen MR) is 137 cm³/mol. The Morgan fingerprint density at radius 3 is 2.25 bits per heavy atom. The van der Waals surface area contributed by atoms with Gasteiger partial charge in [-0.25, -0.2) is 14.4 Å². The van der Waals surface area contributed by atoms with Crippen LogP contribution in [0.25, 0.3) is 11.3 Å². The van der Waals surface area contributed by atoms with Crippen molar-refractivity contribution in [3.8, 4) is 17.0 Å². The van der Waals surface area contributed by atoms with Crippen LogP contribution in [0.4, 0.5) is 10.2 Å². The van der Waals surface area contributed by atoms with E-state index < -0.39 is 0 Å². The number of hydrogen-bond acceptors (Lipinski definition) is 4. The van der Waals surface area contributed by atoms with Gasteiger partial charge in [-0.2, -0.15) is 0 Å². The summed E-state index contributed by atoms with van der Waals surface area (Å²) < 4.78 is 18.6. The number of nitrogens with one attached hydrogen (secondary N) is 1. The van der Waals surface area contributed by atoms with Crippen LogP contribution in [-0.2, 0) is 17.6 Å². The summed E-state index contributed by atoms with van der Waals surface area (Å²) in [5.41, 5.74) is 3.67. The quantitative estimate of drug-likeness (QED) is 0.431. The normalized spacial score (nSPS) is 26.1. The topological polar surface area (TPSA) is 64.1 Å². The summed E-state index contributed by atoms with van der Waals surface area (Å²) in [6.45, 7) is 0. The van der Waals surface area contributed by atoms with E-state index in [0.29, 0.717) is 5.82 Å². The summed E-state index contributed by atoms with van der Waals surface area (Å²) in [6, 6.07) is 13.9. The highest BCUT2D eigenvalue weighted by atomic mass is 19.1. The zero-order chi connectivity index (χ0) is 24.7. The third-order valence-electron chi connectivity index (χ3n) is 8.47. The number of carbonyl (C=O) groups excluding carboxylic acids is 1. The second-order valence-electron chi connectivity index (χ2n) is 11.2. The van der Waals surface area contributed by atoms with Crippen molar-refractivity contribution in [1.82, 2.24) is 9.97 Å². The summed E-state index contributed by atoms with van der Waals surface area (Å²) >= 11 is 0. The molecule has 6 heteroatoms. The van der Waals surface area contributed by atoms with Gasteiger partial charge in [0.1, 0.15) is 11.6 Å². The third kappa shape index (κ3) is 4.73. The van der Waals surface area contributed by atoms with E-state index >= 15 is 0 Å². The van der Waals surface area contributed by atoms with Gasteiger partial charge in [-0.3, -0.25) is 4.79 Å². The number of halogens is 1. The maximum absolute atomic E-state index is 13.3. The maximum atomic E-state index is 13.3. The molecule has 0 spiro atoms. The van der Waals surface area contributed by atoms with E-state index in [4.69, 9.17) is 14.7 Å². The highest BCUT2D eigenvalue weighted by Crippen LogP contribution is 2.61. The molecule has 186 valence electrons. The Morgan fingerprint density at radius 2 is 1.64 bits per heavy atom. The molecule has 3 aromatic rings.